The van der Waals surface area contributed by atoms with E-state index in [0.29, 0.717) is 17.2 Å². The Morgan fingerprint density at radius 1 is 1.10 bits per heavy atom. The smallest absolute Gasteiger partial charge is 0.253 e. The van der Waals surface area contributed by atoms with Crippen LogP contribution < -0.4 is 21.1 Å². The van der Waals surface area contributed by atoms with Gasteiger partial charge in [0, 0.05) is 61.7 Å². The largest absolute Gasteiger partial charge is 0.396 e. The Morgan fingerprint density at radius 3 is 2.37 bits per heavy atom. The van der Waals surface area contributed by atoms with Gasteiger partial charge in [0.05, 0.1) is 0 Å². The van der Waals surface area contributed by atoms with Gasteiger partial charge in [-0.05, 0) is 112 Å². The normalized spacial score (nSPS) is 18.4. The number of carbonyl (C=O) groups excluding carboxylic acids is 2. The molecule has 2 atom stereocenters. The quantitative estimate of drug-likeness (QED) is 0.288. The van der Waals surface area contributed by atoms with Crippen LogP contribution in [-0.2, 0) is 11.3 Å². The summed E-state index contributed by atoms with van der Waals surface area (Å²) in [6.07, 6.45) is 6.58. The molecule has 3 rings (SSSR count). The molecule has 8 heteroatoms. The predicted molar refractivity (Wildman–Crippen MR) is 166 cm³/mol. The molecule has 0 spiro atoms. The molecule has 2 aromatic rings. The summed E-state index contributed by atoms with van der Waals surface area (Å²) < 4.78 is 0. The second-order valence-electron chi connectivity index (χ2n) is 12.1. The summed E-state index contributed by atoms with van der Waals surface area (Å²) in [5.74, 6) is 0.325. The molecule has 1 saturated carbocycles. The van der Waals surface area contributed by atoms with E-state index in [0.717, 1.165) is 73.0 Å². The third-order valence-electron chi connectivity index (χ3n) is 8.88. The number of nitrogens with zero attached hydrogens (tertiary/aromatic N) is 1. The monoisotopic (exact) mass is 566 g/mol. The SMILES string of the molecule is CCC(CCC(C)CO)c1cc(C(=O)NCc2c(C)cc(C)[nH]c2=O)c(C)c(N(C)C2CCC(NC(C)=O)CC2)c1. The Bertz CT molecular complexity index is 1260. The van der Waals surface area contributed by atoms with Crippen molar-refractivity contribution in [2.45, 2.75) is 111 Å². The number of benzene rings is 1. The minimum Gasteiger partial charge on any atom is -0.396 e. The maximum absolute atomic E-state index is 13.7. The Kier molecular flexibility index (Phi) is 11.6. The van der Waals surface area contributed by atoms with Crippen molar-refractivity contribution in [3.8, 4) is 0 Å². The van der Waals surface area contributed by atoms with Crippen molar-refractivity contribution in [2.24, 2.45) is 5.92 Å². The molecule has 4 N–H and O–H groups in total. The Labute approximate surface area is 245 Å². The Morgan fingerprint density at radius 2 is 1.78 bits per heavy atom. The van der Waals surface area contributed by atoms with Gasteiger partial charge < -0.3 is 25.6 Å². The van der Waals surface area contributed by atoms with Gasteiger partial charge >= 0.3 is 0 Å². The molecule has 1 aromatic heterocycles. The number of H-pyrrole nitrogens is 1. The number of hydrogen-bond acceptors (Lipinski definition) is 5. The number of carbonyl (C=O) groups is 2. The van der Waals surface area contributed by atoms with Crippen LogP contribution in [0.3, 0.4) is 0 Å². The van der Waals surface area contributed by atoms with Gasteiger partial charge in [-0.15, -0.1) is 0 Å². The summed E-state index contributed by atoms with van der Waals surface area (Å²) in [5, 5.41) is 15.7. The van der Waals surface area contributed by atoms with Crippen LogP contribution in [0.25, 0.3) is 0 Å². The number of aliphatic hydroxyl groups excluding tert-OH is 1. The van der Waals surface area contributed by atoms with Gasteiger partial charge in [0.25, 0.3) is 11.5 Å². The summed E-state index contributed by atoms with van der Waals surface area (Å²) in [6, 6.07) is 6.73. The van der Waals surface area contributed by atoms with Crippen molar-refractivity contribution in [1.29, 1.82) is 0 Å². The number of nitrogens with one attached hydrogen (secondary N) is 3. The van der Waals surface area contributed by atoms with E-state index in [-0.39, 0.29) is 48.4 Å². The third kappa shape index (κ3) is 8.44. The van der Waals surface area contributed by atoms with Crippen molar-refractivity contribution in [3.05, 3.63) is 62.1 Å². The number of aromatic amines is 1. The first-order valence-electron chi connectivity index (χ1n) is 15.2. The zero-order chi connectivity index (χ0) is 30.3. The van der Waals surface area contributed by atoms with Gasteiger partial charge in [0.1, 0.15) is 0 Å². The van der Waals surface area contributed by atoms with Crippen LogP contribution in [0.2, 0.25) is 0 Å². The highest BCUT2D eigenvalue weighted by Crippen LogP contribution is 2.36. The molecule has 1 aliphatic rings. The van der Waals surface area contributed by atoms with Crippen molar-refractivity contribution in [3.63, 3.8) is 0 Å². The van der Waals surface area contributed by atoms with Gasteiger partial charge in [-0.25, -0.2) is 0 Å². The number of pyridine rings is 1. The molecule has 8 nitrogen and oxygen atoms in total. The molecule has 0 aliphatic heterocycles. The molecule has 226 valence electrons. The average molecular weight is 567 g/mol. The lowest BCUT2D eigenvalue weighted by Crippen LogP contribution is -2.42. The molecule has 1 heterocycles. The lowest BCUT2D eigenvalue weighted by Gasteiger charge is -2.37. The van der Waals surface area contributed by atoms with Crippen LogP contribution in [0, 0.1) is 26.7 Å². The van der Waals surface area contributed by atoms with Crippen LogP contribution in [0.15, 0.2) is 23.0 Å². The van der Waals surface area contributed by atoms with E-state index in [4.69, 9.17) is 0 Å². The number of aromatic nitrogens is 1. The van der Waals surface area contributed by atoms with E-state index >= 15 is 0 Å². The first kappa shape index (κ1) is 32.4. The summed E-state index contributed by atoms with van der Waals surface area (Å²) in [5.41, 5.74) is 5.78. The molecule has 0 saturated heterocycles. The minimum atomic E-state index is -0.189. The fourth-order valence-electron chi connectivity index (χ4n) is 6.20. The van der Waals surface area contributed by atoms with Crippen LogP contribution in [-0.4, -0.2) is 47.6 Å². The molecule has 1 aliphatic carbocycles. The molecule has 0 bridgehead atoms. The van der Waals surface area contributed by atoms with Crippen molar-refractivity contribution in [1.82, 2.24) is 15.6 Å². The maximum Gasteiger partial charge on any atom is 0.253 e. The van der Waals surface area contributed by atoms with Crippen LogP contribution in [0.5, 0.6) is 0 Å². The van der Waals surface area contributed by atoms with Gasteiger partial charge in [-0.2, -0.15) is 0 Å². The molecule has 2 amide bonds. The zero-order valence-electron chi connectivity index (χ0n) is 26.0. The van der Waals surface area contributed by atoms with Crippen molar-refractivity contribution < 1.29 is 14.7 Å². The number of rotatable bonds is 12. The van der Waals surface area contributed by atoms with Crippen LogP contribution in [0.1, 0.15) is 110 Å². The number of hydrogen-bond donors (Lipinski definition) is 4. The fourth-order valence-corrected chi connectivity index (χ4v) is 6.20. The zero-order valence-corrected chi connectivity index (χ0v) is 26.0. The lowest BCUT2D eigenvalue weighted by atomic mass is 9.85. The van der Waals surface area contributed by atoms with E-state index in [1.807, 2.05) is 32.9 Å². The van der Waals surface area contributed by atoms with Crippen LogP contribution in [0.4, 0.5) is 5.69 Å². The fraction of sp³-hybridized carbons (Fsp3) is 0.606. The number of aliphatic hydroxyl groups is 1. The van der Waals surface area contributed by atoms with Crippen molar-refractivity contribution in [2.75, 3.05) is 18.6 Å². The van der Waals surface area contributed by atoms with E-state index in [1.54, 1.807) is 6.92 Å². The standard InChI is InChI=1S/C33H50N4O4/c1-8-25(10-9-20(2)19-38)26-16-29(32(40)34-18-30-21(3)15-22(4)35-33(30)41)23(5)31(17-26)37(7)28-13-11-27(12-14-28)36-24(6)39/h15-17,20,25,27-28,38H,8-14,18-19H2,1-7H3,(H,34,40)(H,35,41)(H,36,39). The molecular weight excluding hydrogens is 516 g/mol. The van der Waals surface area contributed by atoms with Gasteiger partial charge in [-0.1, -0.05) is 13.8 Å². The van der Waals surface area contributed by atoms with E-state index < -0.39 is 0 Å². The van der Waals surface area contributed by atoms with Gasteiger partial charge in [-0.3, -0.25) is 14.4 Å². The second-order valence-corrected chi connectivity index (χ2v) is 12.1. The third-order valence-corrected chi connectivity index (χ3v) is 8.88. The molecular formula is C33H50N4O4. The Hall–Kier alpha value is -3.13. The Balaban J connectivity index is 1.92. The maximum atomic E-state index is 13.7. The first-order chi connectivity index (χ1) is 19.4. The second kappa shape index (κ2) is 14.7. The molecule has 0 radical (unpaired) electrons. The number of anilines is 1. The predicted octanol–water partition coefficient (Wildman–Crippen LogP) is 5.02. The summed E-state index contributed by atoms with van der Waals surface area (Å²) >= 11 is 0. The topological polar surface area (TPSA) is 115 Å². The molecule has 1 aromatic carbocycles. The summed E-state index contributed by atoms with van der Waals surface area (Å²) in [7, 11) is 2.11. The first-order valence-corrected chi connectivity index (χ1v) is 15.2. The highest BCUT2D eigenvalue weighted by molar-refractivity contribution is 5.97. The van der Waals surface area contributed by atoms with E-state index in [1.165, 1.54) is 0 Å². The van der Waals surface area contributed by atoms with E-state index in [9.17, 15) is 19.5 Å². The number of amides is 2. The highest BCUT2D eigenvalue weighted by atomic mass is 16.3. The molecule has 2 unspecified atom stereocenters. The lowest BCUT2D eigenvalue weighted by molar-refractivity contribution is -0.119. The average Bonchev–Trinajstić information content (AvgIpc) is 2.92. The van der Waals surface area contributed by atoms with Crippen molar-refractivity contribution >= 4 is 17.5 Å². The highest BCUT2D eigenvalue weighted by Gasteiger charge is 2.27. The van der Waals surface area contributed by atoms with Gasteiger partial charge in [0.15, 0.2) is 0 Å². The van der Waals surface area contributed by atoms with Crippen LogP contribution >= 0.6 is 0 Å². The molecule has 1 fully saturated rings. The summed E-state index contributed by atoms with van der Waals surface area (Å²) in [6.45, 7) is 11.9. The minimum absolute atomic E-state index is 0.0185. The molecule has 41 heavy (non-hydrogen) atoms. The summed E-state index contributed by atoms with van der Waals surface area (Å²) in [4.78, 5) is 42.9. The number of aryl methyl sites for hydroxylation is 2. The van der Waals surface area contributed by atoms with Gasteiger partial charge in [0.2, 0.25) is 5.91 Å². The van der Waals surface area contributed by atoms with E-state index in [2.05, 4.69) is 47.5 Å².